The molecule has 0 heterocycles. The van der Waals surface area contributed by atoms with E-state index in [0.717, 1.165) is 135 Å². The number of carbonyl (C=O) groups excluding carboxylic acids is 3. The summed E-state index contributed by atoms with van der Waals surface area (Å²) in [6.45, 7) is 2.26. The van der Waals surface area contributed by atoms with E-state index in [1.54, 1.807) is 0 Å². The first-order chi connectivity index (χ1) is 48.2. The molecule has 0 fully saturated rings. The lowest BCUT2D eigenvalue weighted by atomic mass is 10.1. The molecular weight excluding hydrogens is 1290 g/mol. The number of phosphoric acid groups is 2. The van der Waals surface area contributed by atoms with Crippen molar-refractivity contribution in [2.24, 2.45) is 0 Å². The molecule has 0 bridgehead atoms. The summed E-state index contributed by atoms with van der Waals surface area (Å²) in [4.78, 5) is 58.5. The molecule has 0 spiro atoms. The minimum absolute atomic E-state index is 0.00817. The number of carbonyl (C=O) groups is 3. The van der Waals surface area contributed by atoms with Crippen LogP contribution in [0.1, 0.15) is 252 Å². The Kier molecular flexibility index (Phi) is 68.5. The Hall–Kier alpha value is -5.35. The van der Waals surface area contributed by atoms with Gasteiger partial charge in [0.2, 0.25) is 0 Å². The van der Waals surface area contributed by atoms with Crippen molar-refractivity contribution in [3.8, 4) is 0 Å². The van der Waals surface area contributed by atoms with Crippen LogP contribution < -0.4 is 0 Å². The molecule has 0 saturated carbocycles. The maximum Gasteiger partial charge on any atom is 0.472 e. The van der Waals surface area contributed by atoms with Crippen molar-refractivity contribution < 1.29 is 75.8 Å². The molecular formula is C81H130O16P2. The van der Waals surface area contributed by atoms with Gasteiger partial charge in [0.15, 0.2) is 6.10 Å². The van der Waals surface area contributed by atoms with Crippen LogP contribution in [0, 0.1) is 0 Å². The zero-order chi connectivity index (χ0) is 72.3. The average Bonchev–Trinajstić information content (AvgIpc) is 2.16. The van der Waals surface area contributed by atoms with Crippen molar-refractivity contribution in [1.29, 1.82) is 0 Å². The highest BCUT2D eigenvalue weighted by Gasteiger charge is 2.29. The molecule has 0 rings (SSSR count). The van der Waals surface area contributed by atoms with E-state index in [0.29, 0.717) is 25.7 Å². The third kappa shape index (κ3) is 73.7. The van der Waals surface area contributed by atoms with E-state index in [1.165, 1.54) is 51.4 Å². The number of hydrogen-bond acceptors (Lipinski definition) is 14. The predicted molar refractivity (Wildman–Crippen MR) is 408 cm³/mol. The van der Waals surface area contributed by atoms with Crippen LogP contribution in [0.25, 0.3) is 0 Å². The van der Waals surface area contributed by atoms with Crippen molar-refractivity contribution in [2.45, 2.75) is 270 Å². The second kappa shape index (κ2) is 72.4. The molecule has 0 aromatic heterocycles. The number of unbranched alkanes of at least 4 members (excludes halogenated alkanes) is 15. The van der Waals surface area contributed by atoms with E-state index < -0.39 is 91.5 Å². The van der Waals surface area contributed by atoms with Gasteiger partial charge in [0, 0.05) is 19.3 Å². The van der Waals surface area contributed by atoms with Gasteiger partial charge in [-0.3, -0.25) is 32.5 Å². The molecule has 0 aliphatic carbocycles. The smallest absolute Gasteiger partial charge is 0.463 e. The zero-order valence-electron chi connectivity index (χ0n) is 60.8. The molecule has 0 aliphatic rings. The van der Waals surface area contributed by atoms with E-state index in [4.69, 9.17) is 32.3 Å². The van der Waals surface area contributed by atoms with Crippen LogP contribution in [0.4, 0.5) is 0 Å². The van der Waals surface area contributed by atoms with Gasteiger partial charge >= 0.3 is 33.6 Å². The second-order valence-corrected chi connectivity index (χ2v) is 26.9. The molecule has 16 nitrogen and oxygen atoms in total. The number of rotatable bonds is 68. The SMILES string of the molecule is CC/C=C\C/C=C\C/C=C\C/C=C\C/C=C\C/C=C\CCCCC(=O)OCC(COP(=O)(O)OCC(O)COP(=O)(O)OCC(O)COC(=O)CCCCCCCCCCC/C=C\C/C=C\C/C=C\C/C=C\CCCCC)OC(=O)CCC/C=C\C/C=C\C/C=C\C/C=C\C/C=C\CC. The normalized spacial score (nSPS) is 15.1. The Morgan fingerprint density at radius 2 is 0.545 bits per heavy atom. The fourth-order valence-corrected chi connectivity index (χ4v) is 10.6. The fraction of sp³-hybridized carbons (Fsp3) is 0.593. The first-order valence-electron chi connectivity index (χ1n) is 37.1. The highest BCUT2D eigenvalue weighted by molar-refractivity contribution is 7.47. The van der Waals surface area contributed by atoms with E-state index in [1.807, 2.05) is 12.2 Å². The summed E-state index contributed by atoms with van der Waals surface area (Å²) in [6, 6.07) is 0. The number of phosphoric ester groups is 2. The van der Waals surface area contributed by atoms with Gasteiger partial charge in [-0.05, 0) is 154 Å². The first kappa shape index (κ1) is 93.6. The van der Waals surface area contributed by atoms with Crippen LogP contribution in [-0.4, -0.2) is 95.9 Å². The number of ether oxygens (including phenoxy) is 3. The molecule has 0 radical (unpaired) electrons. The number of hydrogen-bond donors (Lipinski definition) is 4. The molecule has 18 heteroatoms. The number of aliphatic hydroxyl groups is 2. The number of allylic oxidation sites excluding steroid dienone is 30. The van der Waals surface area contributed by atoms with Gasteiger partial charge in [0.25, 0.3) is 0 Å². The van der Waals surface area contributed by atoms with Gasteiger partial charge in [-0.1, -0.05) is 261 Å². The summed E-state index contributed by atoms with van der Waals surface area (Å²) in [6.07, 6.45) is 92.4. The summed E-state index contributed by atoms with van der Waals surface area (Å²) < 4.78 is 60.9. The van der Waals surface area contributed by atoms with Gasteiger partial charge in [-0.25, -0.2) is 9.13 Å². The van der Waals surface area contributed by atoms with E-state index in [9.17, 15) is 43.5 Å². The topological polar surface area (TPSA) is 231 Å². The average molecular weight is 1420 g/mol. The minimum Gasteiger partial charge on any atom is -0.463 e. The molecule has 0 aromatic rings. The maximum atomic E-state index is 12.9. The fourth-order valence-electron chi connectivity index (χ4n) is 9.00. The Balaban J connectivity index is 4.74. The lowest BCUT2D eigenvalue weighted by molar-refractivity contribution is -0.161. The van der Waals surface area contributed by atoms with Crippen LogP contribution in [0.5, 0.6) is 0 Å². The Morgan fingerprint density at radius 3 is 0.899 bits per heavy atom. The van der Waals surface area contributed by atoms with Gasteiger partial charge in [0.05, 0.1) is 26.4 Å². The predicted octanol–water partition coefficient (Wildman–Crippen LogP) is 21.4. The third-order valence-corrected chi connectivity index (χ3v) is 16.5. The first-order valence-corrected chi connectivity index (χ1v) is 40.1. The van der Waals surface area contributed by atoms with Crippen LogP contribution in [-0.2, 0) is 55.8 Å². The van der Waals surface area contributed by atoms with E-state index >= 15 is 0 Å². The maximum absolute atomic E-state index is 12.9. The summed E-state index contributed by atoms with van der Waals surface area (Å²) in [5, 5.41) is 20.6. The minimum atomic E-state index is -4.96. The van der Waals surface area contributed by atoms with Gasteiger partial charge in [-0.2, -0.15) is 0 Å². The van der Waals surface area contributed by atoms with Crippen LogP contribution in [0.2, 0.25) is 0 Å². The number of aliphatic hydroxyl groups excluding tert-OH is 2. The monoisotopic (exact) mass is 1420 g/mol. The van der Waals surface area contributed by atoms with E-state index in [2.05, 4.69) is 191 Å². The summed E-state index contributed by atoms with van der Waals surface area (Å²) in [5.41, 5.74) is 0. The molecule has 5 atom stereocenters. The highest BCUT2D eigenvalue weighted by atomic mass is 31.2. The zero-order valence-corrected chi connectivity index (χ0v) is 62.6. The van der Waals surface area contributed by atoms with Gasteiger partial charge in [0.1, 0.15) is 25.4 Å². The molecule has 0 saturated heterocycles. The van der Waals surface area contributed by atoms with Gasteiger partial charge < -0.3 is 34.2 Å². The van der Waals surface area contributed by atoms with Gasteiger partial charge in [-0.15, -0.1) is 0 Å². The molecule has 0 amide bonds. The quantitative estimate of drug-likeness (QED) is 0.0146. The third-order valence-electron chi connectivity index (χ3n) is 14.6. The Morgan fingerprint density at radius 1 is 0.293 bits per heavy atom. The van der Waals surface area contributed by atoms with Crippen LogP contribution in [0.3, 0.4) is 0 Å². The van der Waals surface area contributed by atoms with Crippen molar-refractivity contribution >= 4 is 33.6 Å². The van der Waals surface area contributed by atoms with Crippen molar-refractivity contribution in [1.82, 2.24) is 0 Å². The Labute approximate surface area is 598 Å². The lowest BCUT2D eigenvalue weighted by Crippen LogP contribution is -2.30. The molecule has 5 unspecified atom stereocenters. The van der Waals surface area contributed by atoms with Crippen molar-refractivity contribution in [3.05, 3.63) is 182 Å². The Bertz CT molecular complexity index is 2530. The number of esters is 3. The molecule has 99 heavy (non-hydrogen) atoms. The summed E-state index contributed by atoms with van der Waals surface area (Å²) in [7, 11) is -9.84. The molecule has 0 aliphatic heterocycles. The molecule has 560 valence electrons. The van der Waals surface area contributed by atoms with E-state index in [-0.39, 0.29) is 19.3 Å². The van der Waals surface area contributed by atoms with Crippen LogP contribution >= 0.6 is 15.6 Å². The standard InChI is InChI=1S/C81H130O16P2/c1-4-7-10-13-16-19-22-25-28-31-33-35-36-37-38-40-42-44-46-49-52-55-58-61-64-67-79(84)91-70-76(82)71-93-98(87,88)94-72-77(83)73-95-99(89,90)96-75-78(97-81(86)69-66-63-60-57-54-51-48-43-30-27-24-21-18-15-12-9-6-3)74-92-80(85)68-65-62-59-56-53-50-47-45-41-39-34-32-29-26-23-20-17-14-11-8-5-2/h8-9,11-12,16-21,25-30,33-35,37-39,45,47-48,51,53,56-57,60,76-78,82-83H,4-7,10,13-15,22-24,31-32,36,40-44,46,49-50,52,54-55,58-59,61-75H2,1-3H3,(H,87,88)(H,89,90)/b11-8-,12-9-,19-16-,20-17-,21-18-,28-25-,29-26-,30-27-,35-33-,38-37-,39-34-,47-45-,51-48-,56-53-,60-57-. The summed E-state index contributed by atoms with van der Waals surface area (Å²) >= 11 is 0. The second-order valence-electron chi connectivity index (χ2n) is 24.0. The van der Waals surface area contributed by atoms with Crippen molar-refractivity contribution in [3.63, 3.8) is 0 Å². The van der Waals surface area contributed by atoms with Crippen LogP contribution in [0.15, 0.2) is 182 Å². The van der Waals surface area contributed by atoms with Crippen molar-refractivity contribution in [2.75, 3.05) is 39.6 Å². The summed E-state index contributed by atoms with van der Waals surface area (Å²) in [5.74, 6) is -1.72. The lowest BCUT2D eigenvalue weighted by Gasteiger charge is -2.21. The molecule has 4 N–H and O–H groups in total. The molecule has 0 aromatic carbocycles. The largest absolute Gasteiger partial charge is 0.472 e. The highest BCUT2D eigenvalue weighted by Crippen LogP contribution is 2.45.